The molecule has 23 heavy (non-hydrogen) atoms. The number of rotatable bonds is 5. The van der Waals surface area contributed by atoms with E-state index >= 15 is 0 Å². The Morgan fingerprint density at radius 1 is 1.17 bits per heavy atom. The van der Waals surface area contributed by atoms with Crippen molar-refractivity contribution in [1.82, 2.24) is 10.2 Å². The van der Waals surface area contributed by atoms with Gasteiger partial charge in [-0.3, -0.25) is 4.79 Å². The van der Waals surface area contributed by atoms with E-state index in [0.717, 1.165) is 35.2 Å². The van der Waals surface area contributed by atoms with Gasteiger partial charge < -0.3 is 10.2 Å². The Bertz CT molecular complexity index is 440. The van der Waals surface area contributed by atoms with Gasteiger partial charge in [-0.15, -0.1) is 0 Å². The van der Waals surface area contributed by atoms with Crippen LogP contribution in [0.15, 0.2) is 0 Å². The van der Waals surface area contributed by atoms with Gasteiger partial charge in [-0.2, -0.15) is 0 Å². The largest absolute Gasteiger partial charge is 0.358 e. The summed E-state index contributed by atoms with van der Waals surface area (Å²) in [6.07, 6.45) is 7.86. The predicted octanol–water partition coefficient (Wildman–Crippen LogP) is 3.82. The minimum Gasteiger partial charge on any atom is -0.358 e. The van der Waals surface area contributed by atoms with Gasteiger partial charge in [-0.1, -0.05) is 24.0 Å². The lowest BCUT2D eigenvalue weighted by Gasteiger charge is -2.57. The van der Waals surface area contributed by atoms with Crippen LogP contribution in [0.4, 0.5) is 0 Å². The second-order valence-electron chi connectivity index (χ2n) is 7.89. The van der Waals surface area contributed by atoms with Crippen LogP contribution in [0.5, 0.6) is 0 Å². The van der Waals surface area contributed by atoms with Crippen LogP contribution < -0.4 is 5.32 Å². The Morgan fingerprint density at radius 3 is 2.09 bits per heavy atom. The first-order chi connectivity index (χ1) is 10.9. The number of nitrogens with one attached hydrogen (secondary N) is 1. The Hall–Kier alpha value is -0.290. The minimum absolute atomic E-state index is 0.101. The Morgan fingerprint density at radius 2 is 1.65 bits per heavy atom. The molecule has 0 aromatic carbocycles. The van der Waals surface area contributed by atoms with Gasteiger partial charge in [0.2, 0.25) is 5.91 Å². The zero-order chi connectivity index (χ0) is 16.6. The molecule has 4 fully saturated rings. The number of thiocarbonyl (C=S) groups is 1. The Balaban J connectivity index is 1.57. The molecule has 1 amide bonds. The molecule has 4 rings (SSSR count). The first kappa shape index (κ1) is 17.5. The highest BCUT2D eigenvalue weighted by Crippen LogP contribution is 2.55. The number of thioether (sulfide) groups is 1. The van der Waals surface area contributed by atoms with Crippen molar-refractivity contribution in [2.75, 3.05) is 13.1 Å². The average molecular weight is 355 g/mol. The topological polar surface area (TPSA) is 32.3 Å². The van der Waals surface area contributed by atoms with Crippen LogP contribution in [0, 0.1) is 17.8 Å². The van der Waals surface area contributed by atoms with Crippen LogP contribution in [-0.4, -0.2) is 39.0 Å². The molecule has 1 atom stereocenters. The SMILES string of the molecule is CCN(CC)C(=S)S[C@@H](C)C(=O)NC12CC3CC(CC(C3)C1)C2. The predicted molar refractivity (Wildman–Crippen MR) is 102 cm³/mol. The molecular formula is C18H30N2OS2. The smallest absolute Gasteiger partial charge is 0.233 e. The molecule has 3 nitrogen and oxygen atoms in total. The van der Waals surface area contributed by atoms with Gasteiger partial charge in [0.1, 0.15) is 4.32 Å². The Kier molecular flexibility index (Phi) is 5.27. The van der Waals surface area contributed by atoms with Gasteiger partial charge in [0.05, 0.1) is 5.25 Å². The second kappa shape index (κ2) is 6.91. The fraction of sp³-hybridized carbons (Fsp3) is 0.889. The van der Waals surface area contributed by atoms with Gasteiger partial charge >= 0.3 is 0 Å². The molecule has 0 aliphatic heterocycles. The summed E-state index contributed by atoms with van der Waals surface area (Å²) < 4.78 is 0.850. The van der Waals surface area contributed by atoms with E-state index in [0.29, 0.717) is 0 Å². The summed E-state index contributed by atoms with van der Waals surface area (Å²) in [4.78, 5) is 14.9. The van der Waals surface area contributed by atoms with E-state index in [1.165, 1.54) is 50.3 Å². The molecule has 0 unspecified atom stereocenters. The highest BCUT2D eigenvalue weighted by molar-refractivity contribution is 8.23. The first-order valence-electron chi connectivity index (χ1n) is 9.22. The number of hydrogen-bond acceptors (Lipinski definition) is 3. The van der Waals surface area contributed by atoms with Crippen molar-refractivity contribution >= 4 is 34.2 Å². The maximum absolute atomic E-state index is 12.8. The molecule has 4 saturated carbocycles. The fourth-order valence-corrected chi connectivity index (χ4v) is 6.95. The van der Waals surface area contributed by atoms with Gasteiger partial charge in [0.15, 0.2) is 0 Å². The van der Waals surface area contributed by atoms with E-state index in [2.05, 4.69) is 24.1 Å². The summed E-state index contributed by atoms with van der Waals surface area (Å²) in [7, 11) is 0. The van der Waals surface area contributed by atoms with Gasteiger partial charge in [0.25, 0.3) is 0 Å². The average Bonchev–Trinajstić information content (AvgIpc) is 2.46. The zero-order valence-corrected chi connectivity index (χ0v) is 16.3. The van der Waals surface area contributed by atoms with Crippen molar-refractivity contribution < 1.29 is 4.79 Å². The lowest BCUT2D eigenvalue weighted by Crippen LogP contribution is -2.60. The standard InChI is InChI=1S/C18H30N2OS2/c1-4-20(5-2)17(22)23-12(3)16(21)19-18-9-13-6-14(10-18)8-15(7-13)11-18/h12-15H,4-11H2,1-3H3,(H,19,21)/t12-,13?,14?,15?,18?/m0/s1. The molecule has 4 bridgehead atoms. The normalized spacial score (nSPS) is 35.9. The van der Waals surface area contributed by atoms with Crippen LogP contribution in [0.2, 0.25) is 0 Å². The number of carbonyl (C=O) groups is 1. The number of hydrogen-bond donors (Lipinski definition) is 1. The summed E-state index contributed by atoms with van der Waals surface area (Å²) in [5.41, 5.74) is 0.109. The molecule has 130 valence electrons. The molecule has 0 radical (unpaired) electrons. The number of carbonyl (C=O) groups excluding carboxylic acids is 1. The van der Waals surface area contributed by atoms with Crippen molar-refractivity contribution in [2.45, 2.75) is 70.1 Å². The highest BCUT2D eigenvalue weighted by Gasteiger charge is 2.51. The molecule has 1 N–H and O–H groups in total. The minimum atomic E-state index is -0.101. The van der Waals surface area contributed by atoms with E-state index in [-0.39, 0.29) is 16.7 Å². The monoisotopic (exact) mass is 354 g/mol. The van der Waals surface area contributed by atoms with Crippen molar-refractivity contribution in [3.63, 3.8) is 0 Å². The number of nitrogens with zero attached hydrogens (tertiary/aromatic N) is 1. The molecule has 0 spiro atoms. The van der Waals surface area contributed by atoms with E-state index in [9.17, 15) is 4.79 Å². The summed E-state index contributed by atoms with van der Waals surface area (Å²) >= 11 is 7.03. The van der Waals surface area contributed by atoms with Crippen molar-refractivity contribution in [2.24, 2.45) is 17.8 Å². The van der Waals surface area contributed by atoms with Crippen LogP contribution in [0.3, 0.4) is 0 Å². The van der Waals surface area contributed by atoms with Gasteiger partial charge in [-0.25, -0.2) is 0 Å². The molecule has 0 saturated heterocycles. The molecule has 4 aliphatic carbocycles. The summed E-state index contributed by atoms with van der Waals surface area (Å²) in [6, 6.07) is 0. The summed E-state index contributed by atoms with van der Waals surface area (Å²) in [6.45, 7) is 8.03. The lowest BCUT2D eigenvalue weighted by atomic mass is 9.53. The van der Waals surface area contributed by atoms with E-state index in [1.807, 2.05) is 6.92 Å². The van der Waals surface area contributed by atoms with E-state index in [4.69, 9.17) is 12.2 Å². The highest BCUT2D eigenvalue weighted by atomic mass is 32.2. The van der Waals surface area contributed by atoms with E-state index in [1.54, 1.807) is 0 Å². The maximum Gasteiger partial charge on any atom is 0.233 e. The third-order valence-corrected chi connectivity index (χ3v) is 7.67. The number of amides is 1. The third-order valence-electron chi connectivity index (χ3n) is 6.10. The van der Waals surface area contributed by atoms with Gasteiger partial charge in [-0.05, 0) is 77.0 Å². The zero-order valence-electron chi connectivity index (χ0n) is 14.6. The second-order valence-corrected chi connectivity index (χ2v) is 9.86. The van der Waals surface area contributed by atoms with Crippen molar-refractivity contribution in [3.05, 3.63) is 0 Å². The first-order valence-corrected chi connectivity index (χ1v) is 10.5. The molecule has 0 aromatic rings. The third kappa shape index (κ3) is 3.71. The van der Waals surface area contributed by atoms with Crippen LogP contribution in [0.25, 0.3) is 0 Å². The summed E-state index contributed by atoms with van der Waals surface area (Å²) in [5.74, 6) is 2.77. The van der Waals surface area contributed by atoms with Gasteiger partial charge in [0, 0.05) is 18.6 Å². The molecule has 0 aromatic heterocycles. The fourth-order valence-electron chi connectivity index (χ4n) is 5.39. The molecular weight excluding hydrogens is 324 g/mol. The molecule has 5 heteroatoms. The molecule has 4 aliphatic rings. The van der Waals surface area contributed by atoms with Crippen molar-refractivity contribution in [1.29, 1.82) is 0 Å². The van der Waals surface area contributed by atoms with Crippen LogP contribution in [0.1, 0.15) is 59.3 Å². The Labute approximate surface area is 150 Å². The molecule has 0 heterocycles. The van der Waals surface area contributed by atoms with Crippen LogP contribution >= 0.6 is 24.0 Å². The summed E-state index contributed by atoms with van der Waals surface area (Å²) in [5, 5.41) is 3.37. The maximum atomic E-state index is 12.8. The van der Waals surface area contributed by atoms with E-state index < -0.39 is 0 Å². The van der Waals surface area contributed by atoms with Crippen molar-refractivity contribution in [3.8, 4) is 0 Å². The van der Waals surface area contributed by atoms with Crippen LogP contribution in [-0.2, 0) is 4.79 Å². The lowest BCUT2D eigenvalue weighted by molar-refractivity contribution is -0.126. The quantitative estimate of drug-likeness (QED) is 0.761.